The van der Waals surface area contributed by atoms with Crippen LogP contribution in [0.25, 0.3) is 0 Å². The quantitative estimate of drug-likeness (QED) is 0.352. The number of nitrogens with zero attached hydrogens (tertiary/aromatic N) is 2. The molecule has 1 aromatic heterocycles. The molecular formula is C9H12IN3O5. The number of ether oxygens (including phenoxy) is 1. The molecule has 0 bridgehead atoms. The highest BCUT2D eigenvalue weighted by Crippen LogP contribution is 2.29. The third-order valence-corrected chi connectivity index (χ3v) is 3.53. The van der Waals surface area contributed by atoms with Gasteiger partial charge in [-0.15, -0.1) is 0 Å². The Labute approximate surface area is 115 Å². The van der Waals surface area contributed by atoms with Gasteiger partial charge in [-0.1, -0.05) is 0 Å². The van der Waals surface area contributed by atoms with E-state index in [9.17, 15) is 15.0 Å². The van der Waals surface area contributed by atoms with Crippen molar-refractivity contribution in [1.29, 1.82) is 0 Å². The molecule has 8 nitrogen and oxygen atoms in total. The molecule has 0 aromatic carbocycles. The summed E-state index contributed by atoms with van der Waals surface area (Å²) in [6, 6.07) is 1.44. The van der Waals surface area contributed by atoms with Crippen molar-refractivity contribution in [2.45, 2.75) is 24.5 Å². The largest absolute Gasteiger partial charge is 0.394 e. The molecular weight excluding hydrogens is 357 g/mol. The SMILES string of the molecule is Nc1cc(I)n([C@@H]2O[C@H](CO)C(O)C2O)c(=O)n1. The monoisotopic (exact) mass is 369 g/mol. The minimum atomic E-state index is -1.32. The minimum Gasteiger partial charge on any atom is -0.394 e. The summed E-state index contributed by atoms with van der Waals surface area (Å²) in [6.45, 7) is -0.456. The van der Waals surface area contributed by atoms with Crippen molar-refractivity contribution in [2.75, 3.05) is 12.3 Å². The van der Waals surface area contributed by atoms with Crippen molar-refractivity contribution in [3.05, 3.63) is 20.3 Å². The van der Waals surface area contributed by atoms with Crippen molar-refractivity contribution < 1.29 is 20.1 Å². The number of nitrogen functional groups attached to an aromatic ring is 1. The maximum Gasteiger partial charge on any atom is 0.352 e. The Balaban J connectivity index is 2.42. The first-order valence-corrected chi connectivity index (χ1v) is 6.20. The van der Waals surface area contributed by atoms with Gasteiger partial charge in [0.05, 0.1) is 10.3 Å². The molecule has 1 aromatic rings. The van der Waals surface area contributed by atoms with Crippen LogP contribution in [-0.4, -0.2) is 49.8 Å². The van der Waals surface area contributed by atoms with Gasteiger partial charge in [-0.25, -0.2) is 4.79 Å². The summed E-state index contributed by atoms with van der Waals surface area (Å²) >= 11 is 1.85. The van der Waals surface area contributed by atoms with E-state index < -0.39 is 36.8 Å². The number of anilines is 1. The fraction of sp³-hybridized carbons (Fsp3) is 0.556. The number of rotatable bonds is 2. The minimum absolute atomic E-state index is 0.0624. The van der Waals surface area contributed by atoms with E-state index in [1.165, 1.54) is 6.07 Å². The maximum absolute atomic E-state index is 11.7. The molecule has 5 N–H and O–H groups in total. The summed E-state index contributed by atoms with van der Waals surface area (Å²) in [6.07, 6.45) is -4.62. The number of aliphatic hydroxyl groups is 3. The summed E-state index contributed by atoms with van der Waals surface area (Å²) in [5.74, 6) is 0.0624. The zero-order chi connectivity index (χ0) is 13.4. The van der Waals surface area contributed by atoms with E-state index in [1.54, 1.807) is 0 Å². The Kier molecular flexibility index (Phi) is 3.87. The summed E-state index contributed by atoms with van der Waals surface area (Å²) in [5, 5.41) is 28.4. The molecule has 100 valence electrons. The topological polar surface area (TPSA) is 131 Å². The molecule has 1 saturated heterocycles. The molecule has 0 spiro atoms. The lowest BCUT2D eigenvalue weighted by Gasteiger charge is -2.18. The van der Waals surface area contributed by atoms with Crippen LogP contribution in [-0.2, 0) is 4.74 Å². The number of hydrogen-bond donors (Lipinski definition) is 4. The number of nitrogens with two attached hydrogens (primary N) is 1. The van der Waals surface area contributed by atoms with Gasteiger partial charge in [-0.05, 0) is 22.6 Å². The molecule has 0 amide bonds. The average Bonchev–Trinajstić information content (AvgIpc) is 2.56. The third-order valence-electron chi connectivity index (χ3n) is 2.70. The smallest absolute Gasteiger partial charge is 0.352 e. The van der Waals surface area contributed by atoms with Crippen molar-refractivity contribution >= 4 is 28.4 Å². The summed E-state index contributed by atoms with van der Waals surface area (Å²) in [7, 11) is 0. The summed E-state index contributed by atoms with van der Waals surface area (Å²) < 4.78 is 6.75. The number of aromatic nitrogens is 2. The molecule has 0 saturated carbocycles. The molecule has 2 unspecified atom stereocenters. The normalized spacial score (nSPS) is 31.8. The van der Waals surface area contributed by atoms with Crippen molar-refractivity contribution in [1.82, 2.24) is 9.55 Å². The highest BCUT2D eigenvalue weighted by atomic mass is 127. The number of aliphatic hydroxyl groups excluding tert-OH is 3. The van der Waals surface area contributed by atoms with Gasteiger partial charge in [0.15, 0.2) is 6.23 Å². The van der Waals surface area contributed by atoms with Crippen LogP contribution in [0.5, 0.6) is 0 Å². The van der Waals surface area contributed by atoms with Crippen molar-refractivity contribution in [3.63, 3.8) is 0 Å². The second-order valence-corrected chi connectivity index (χ2v) is 4.99. The Morgan fingerprint density at radius 3 is 2.67 bits per heavy atom. The molecule has 1 fully saturated rings. The molecule has 18 heavy (non-hydrogen) atoms. The lowest BCUT2D eigenvalue weighted by Crippen LogP contribution is -2.37. The first-order chi connectivity index (χ1) is 8.45. The summed E-state index contributed by atoms with van der Waals surface area (Å²) in [4.78, 5) is 15.3. The molecule has 4 atom stereocenters. The van der Waals surface area contributed by atoms with E-state index in [4.69, 9.17) is 15.6 Å². The van der Waals surface area contributed by atoms with Gasteiger partial charge in [-0.3, -0.25) is 4.57 Å². The van der Waals surface area contributed by atoms with Crippen LogP contribution >= 0.6 is 22.6 Å². The van der Waals surface area contributed by atoms with Crippen molar-refractivity contribution in [2.24, 2.45) is 0 Å². The predicted octanol–water partition coefficient (Wildman–Crippen LogP) is -1.96. The zero-order valence-corrected chi connectivity index (χ0v) is 11.3. The predicted molar refractivity (Wildman–Crippen MR) is 68.6 cm³/mol. The Hall–Kier alpha value is -0.750. The van der Waals surface area contributed by atoms with Crippen LogP contribution in [0.4, 0.5) is 5.82 Å². The lowest BCUT2D eigenvalue weighted by atomic mass is 10.1. The zero-order valence-electron chi connectivity index (χ0n) is 9.10. The first kappa shape index (κ1) is 13.7. The van der Waals surface area contributed by atoms with E-state index in [1.807, 2.05) is 22.6 Å². The van der Waals surface area contributed by atoms with Crippen LogP contribution < -0.4 is 11.4 Å². The average molecular weight is 369 g/mol. The molecule has 9 heteroatoms. The van der Waals surface area contributed by atoms with Gasteiger partial charge < -0.3 is 25.8 Å². The molecule has 0 aliphatic carbocycles. The third kappa shape index (κ3) is 2.23. The van der Waals surface area contributed by atoms with E-state index in [-0.39, 0.29) is 5.82 Å². The Bertz CT molecular complexity index is 507. The van der Waals surface area contributed by atoms with Gasteiger partial charge in [0, 0.05) is 6.07 Å². The highest BCUT2D eigenvalue weighted by molar-refractivity contribution is 14.1. The molecule has 2 heterocycles. The highest BCUT2D eigenvalue weighted by Gasteiger charge is 2.44. The van der Waals surface area contributed by atoms with E-state index in [2.05, 4.69) is 4.98 Å². The van der Waals surface area contributed by atoms with Crippen LogP contribution in [0.3, 0.4) is 0 Å². The number of hydrogen-bond acceptors (Lipinski definition) is 7. The van der Waals surface area contributed by atoms with E-state index in [0.717, 1.165) is 4.57 Å². The standard InChI is InChI=1S/C9H12IN3O5/c10-4-1-5(11)12-9(17)13(4)8-7(16)6(15)3(2-14)18-8/h1,3,6-8,14-16H,2H2,(H2,11,12,17)/t3-,6?,7?,8-/m1/s1. The van der Waals surface area contributed by atoms with E-state index >= 15 is 0 Å². The molecule has 0 radical (unpaired) electrons. The summed E-state index contributed by atoms with van der Waals surface area (Å²) in [5.41, 5.74) is 4.73. The fourth-order valence-corrected chi connectivity index (χ4v) is 2.60. The Morgan fingerprint density at radius 2 is 2.17 bits per heavy atom. The fourth-order valence-electron chi connectivity index (χ4n) is 1.80. The second kappa shape index (κ2) is 5.09. The number of halogens is 1. The van der Waals surface area contributed by atoms with Gasteiger partial charge in [-0.2, -0.15) is 4.98 Å². The molecule has 1 aliphatic rings. The van der Waals surface area contributed by atoms with E-state index in [0.29, 0.717) is 3.70 Å². The lowest BCUT2D eigenvalue weighted by molar-refractivity contribution is -0.0561. The maximum atomic E-state index is 11.7. The van der Waals surface area contributed by atoms with Gasteiger partial charge in [0.25, 0.3) is 0 Å². The van der Waals surface area contributed by atoms with Crippen LogP contribution in [0.2, 0.25) is 0 Å². The van der Waals surface area contributed by atoms with Gasteiger partial charge in [0.1, 0.15) is 24.1 Å². The van der Waals surface area contributed by atoms with Crippen LogP contribution in [0.1, 0.15) is 6.23 Å². The van der Waals surface area contributed by atoms with Gasteiger partial charge >= 0.3 is 5.69 Å². The first-order valence-electron chi connectivity index (χ1n) is 5.12. The van der Waals surface area contributed by atoms with Crippen LogP contribution in [0.15, 0.2) is 10.9 Å². The molecule has 2 rings (SSSR count). The molecule has 1 aliphatic heterocycles. The van der Waals surface area contributed by atoms with Crippen molar-refractivity contribution in [3.8, 4) is 0 Å². The second-order valence-electron chi connectivity index (χ2n) is 3.89. The van der Waals surface area contributed by atoms with Crippen LogP contribution in [0, 0.1) is 3.70 Å². The van der Waals surface area contributed by atoms with Gasteiger partial charge in [0.2, 0.25) is 0 Å². The Morgan fingerprint density at radius 1 is 1.50 bits per heavy atom.